The van der Waals surface area contributed by atoms with E-state index in [1.54, 1.807) is 0 Å². The standard InChI is InChI=1S/C11H19NO2/c13-10(14)7-12-8-11(9-12)5-3-1-2-4-6-11/h1-9H2,(H,13,14). The van der Waals surface area contributed by atoms with Crippen molar-refractivity contribution >= 4 is 5.97 Å². The van der Waals surface area contributed by atoms with Crippen LogP contribution in [0, 0.1) is 5.41 Å². The van der Waals surface area contributed by atoms with Gasteiger partial charge in [-0.25, -0.2) is 0 Å². The van der Waals surface area contributed by atoms with Gasteiger partial charge in [0, 0.05) is 13.1 Å². The van der Waals surface area contributed by atoms with Gasteiger partial charge in [0.25, 0.3) is 0 Å². The van der Waals surface area contributed by atoms with Gasteiger partial charge in [-0.05, 0) is 18.3 Å². The Balaban J connectivity index is 1.80. The summed E-state index contributed by atoms with van der Waals surface area (Å²) in [6.45, 7) is 2.29. The number of carbonyl (C=O) groups is 1. The minimum absolute atomic E-state index is 0.238. The van der Waals surface area contributed by atoms with Crippen molar-refractivity contribution in [2.45, 2.75) is 38.5 Å². The third kappa shape index (κ3) is 2.08. The number of rotatable bonds is 2. The van der Waals surface area contributed by atoms with E-state index in [0.717, 1.165) is 13.1 Å². The van der Waals surface area contributed by atoms with E-state index in [0.29, 0.717) is 5.41 Å². The summed E-state index contributed by atoms with van der Waals surface area (Å²) >= 11 is 0. The monoisotopic (exact) mass is 197 g/mol. The molecule has 1 spiro atoms. The SMILES string of the molecule is O=C(O)CN1CC2(CCCCCC2)C1. The zero-order chi connectivity index (χ0) is 10.0. The first-order valence-corrected chi connectivity index (χ1v) is 5.64. The minimum Gasteiger partial charge on any atom is -0.480 e. The van der Waals surface area contributed by atoms with E-state index >= 15 is 0 Å². The highest BCUT2D eigenvalue weighted by Crippen LogP contribution is 2.42. The topological polar surface area (TPSA) is 40.5 Å². The van der Waals surface area contributed by atoms with Crippen molar-refractivity contribution in [3.8, 4) is 0 Å². The number of hydrogen-bond acceptors (Lipinski definition) is 2. The van der Waals surface area contributed by atoms with Crippen molar-refractivity contribution in [3.05, 3.63) is 0 Å². The first-order chi connectivity index (χ1) is 6.70. The van der Waals surface area contributed by atoms with Gasteiger partial charge >= 0.3 is 5.97 Å². The molecule has 2 rings (SSSR count). The molecule has 80 valence electrons. The average molecular weight is 197 g/mol. The van der Waals surface area contributed by atoms with E-state index in [4.69, 9.17) is 5.11 Å². The molecule has 0 aromatic rings. The number of carboxylic acids is 1. The van der Waals surface area contributed by atoms with Crippen molar-refractivity contribution in [2.75, 3.05) is 19.6 Å². The molecule has 0 bridgehead atoms. The summed E-state index contributed by atoms with van der Waals surface area (Å²) in [4.78, 5) is 12.6. The molecule has 1 aliphatic heterocycles. The van der Waals surface area contributed by atoms with Crippen LogP contribution in [0.15, 0.2) is 0 Å². The lowest BCUT2D eigenvalue weighted by molar-refractivity contribution is -0.142. The summed E-state index contributed by atoms with van der Waals surface area (Å²) in [5, 5.41) is 8.65. The summed E-state index contributed by atoms with van der Waals surface area (Å²) in [6, 6.07) is 0. The number of aliphatic carboxylic acids is 1. The zero-order valence-electron chi connectivity index (χ0n) is 8.67. The number of nitrogens with zero attached hydrogens (tertiary/aromatic N) is 1. The maximum atomic E-state index is 10.5. The third-order valence-electron chi connectivity index (χ3n) is 3.64. The molecule has 3 heteroatoms. The highest BCUT2D eigenvalue weighted by molar-refractivity contribution is 5.69. The van der Waals surface area contributed by atoms with E-state index in [9.17, 15) is 4.79 Å². The summed E-state index contributed by atoms with van der Waals surface area (Å²) in [5.74, 6) is -0.687. The Hall–Kier alpha value is -0.570. The summed E-state index contributed by atoms with van der Waals surface area (Å²) < 4.78 is 0. The van der Waals surface area contributed by atoms with Crippen LogP contribution in [0.5, 0.6) is 0 Å². The van der Waals surface area contributed by atoms with Gasteiger partial charge < -0.3 is 5.11 Å². The third-order valence-corrected chi connectivity index (χ3v) is 3.64. The highest BCUT2D eigenvalue weighted by atomic mass is 16.4. The Morgan fingerprint density at radius 3 is 2.21 bits per heavy atom. The molecule has 0 radical (unpaired) electrons. The molecule has 1 aliphatic carbocycles. The molecule has 1 saturated carbocycles. The zero-order valence-corrected chi connectivity index (χ0v) is 8.67. The molecule has 0 unspecified atom stereocenters. The van der Waals surface area contributed by atoms with Crippen molar-refractivity contribution in [1.82, 2.24) is 4.90 Å². The summed E-state index contributed by atoms with van der Waals surface area (Å²) in [7, 11) is 0. The number of likely N-dealkylation sites (tertiary alicyclic amines) is 1. The van der Waals surface area contributed by atoms with Crippen LogP contribution in [0.2, 0.25) is 0 Å². The molecule has 3 nitrogen and oxygen atoms in total. The molecule has 0 atom stereocenters. The second-order valence-electron chi connectivity index (χ2n) is 4.95. The second kappa shape index (κ2) is 3.89. The van der Waals surface area contributed by atoms with Gasteiger partial charge in [-0.1, -0.05) is 25.7 Å². The van der Waals surface area contributed by atoms with E-state index in [1.165, 1.54) is 38.5 Å². The quantitative estimate of drug-likeness (QED) is 0.733. The van der Waals surface area contributed by atoms with Crippen molar-refractivity contribution < 1.29 is 9.90 Å². The van der Waals surface area contributed by atoms with Gasteiger partial charge in [-0.2, -0.15) is 0 Å². The van der Waals surface area contributed by atoms with Crippen LogP contribution in [0.4, 0.5) is 0 Å². The molecule has 1 heterocycles. The van der Waals surface area contributed by atoms with Gasteiger partial charge in [0.05, 0.1) is 6.54 Å². The van der Waals surface area contributed by atoms with E-state index < -0.39 is 5.97 Å². The highest BCUT2D eigenvalue weighted by Gasteiger charge is 2.42. The molecule has 2 aliphatic rings. The van der Waals surface area contributed by atoms with Crippen LogP contribution in [0.3, 0.4) is 0 Å². The minimum atomic E-state index is -0.687. The fourth-order valence-electron chi connectivity index (χ4n) is 3.00. The Morgan fingerprint density at radius 1 is 1.14 bits per heavy atom. The molecular weight excluding hydrogens is 178 g/mol. The van der Waals surface area contributed by atoms with Crippen LogP contribution in [0.1, 0.15) is 38.5 Å². The second-order valence-corrected chi connectivity index (χ2v) is 4.95. The lowest BCUT2D eigenvalue weighted by Crippen LogP contribution is -2.57. The Bertz CT molecular complexity index is 211. The maximum Gasteiger partial charge on any atom is 0.317 e. The molecule has 0 amide bonds. The first kappa shape index (κ1) is 9.97. The molecule has 0 aromatic carbocycles. The lowest BCUT2D eigenvalue weighted by Gasteiger charge is -2.49. The average Bonchev–Trinajstić information content (AvgIpc) is 2.27. The fraction of sp³-hybridized carbons (Fsp3) is 0.909. The van der Waals surface area contributed by atoms with E-state index in [-0.39, 0.29) is 6.54 Å². The molecule has 0 aromatic heterocycles. The Morgan fingerprint density at radius 2 is 1.71 bits per heavy atom. The normalized spacial score (nSPS) is 26.9. The molecular formula is C11H19NO2. The summed E-state index contributed by atoms with van der Waals surface area (Å²) in [6.07, 6.45) is 8.09. The molecule has 14 heavy (non-hydrogen) atoms. The van der Waals surface area contributed by atoms with E-state index in [2.05, 4.69) is 4.90 Å². The predicted molar refractivity (Wildman–Crippen MR) is 54.2 cm³/mol. The molecule has 1 saturated heterocycles. The van der Waals surface area contributed by atoms with Gasteiger partial charge in [-0.15, -0.1) is 0 Å². The van der Waals surface area contributed by atoms with Gasteiger partial charge in [0.1, 0.15) is 0 Å². The van der Waals surface area contributed by atoms with Crippen LogP contribution < -0.4 is 0 Å². The van der Waals surface area contributed by atoms with Crippen LogP contribution >= 0.6 is 0 Å². The van der Waals surface area contributed by atoms with Crippen molar-refractivity contribution in [2.24, 2.45) is 5.41 Å². The van der Waals surface area contributed by atoms with Crippen molar-refractivity contribution in [1.29, 1.82) is 0 Å². The number of hydrogen-bond donors (Lipinski definition) is 1. The molecule has 1 N–H and O–H groups in total. The van der Waals surface area contributed by atoms with Gasteiger partial charge in [-0.3, -0.25) is 9.69 Å². The van der Waals surface area contributed by atoms with E-state index in [1.807, 2.05) is 0 Å². The Labute approximate surface area is 85.1 Å². The van der Waals surface area contributed by atoms with Gasteiger partial charge in [0.2, 0.25) is 0 Å². The lowest BCUT2D eigenvalue weighted by atomic mass is 9.73. The number of carboxylic acid groups (broad SMARTS) is 1. The Kier molecular flexibility index (Phi) is 2.77. The van der Waals surface area contributed by atoms with Crippen molar-refractivity contribution in [3.63, 3.8) is 0 Å². The van der Waals surface area contributed by atoms with Crippen LogP contribution in [-0.2, 0) is 4.79 Å². The first-order valence-electron chi connectivity index (χ1n) is 5.64. The predicted octanol–water partition coefficient (Wildman–Crippen LogP) is 1.73. The molecule has 2 fully saturated rings. The fourth-order valence-corrected chi connectivity index (χ4v) is 3.00. The smallest absolute Gasteiger partial charge is 0.317 e. The summed E-state index contributed by atoms with van der Waals surface area (Å²) in [5.41, 5.74) is 0.506. The maximum absolute atomic E-state index is 10.5. The van der Waals surface area contributed by atoms with Gasteiger partial charge in [0.15, 0.2) is 0 Å². The van der Waals surface area contributed by atoms with Crippen LogP contribution in [-0.4, -0.2) is 35.6 Å². The van der Waals surface area contributed by atoms with Crippen LogP contribution in [0.25, 0.3) is 0 Å². The largest absolute Gasteiger partial charge is 0.480 e.